The lowest BCUT2D eigenvalue weighted by atomic mass is 10.2. The number of rotatable bonds is 5. The molecular weight excluding hydrogens is 238 g/mol. The van der Waals surface area contributed by atoms with Crippen LogP contribution in [0, 0.1) is 17.0 Å². The van der Waals surface area contributed by atoms with Gasteiger partial charge in [-0.15, -0.1) is 0 Å². The SMILES string of the molecule is Cc1ncc([N+](=O)[O-])n1CCOC1CCCCO1. The summed E-state index contributed by atoms with van der Waals surface area (Å²) in [6.45, 7) is 3.28. The lowest BCUT2D eigenvalue weighted by Crippen LogP contribution is -2.24. The van der Waals surface area contributed by atoms with Crippen molar-refractivity contribution in [2.24, 2.45) is 0 Å². The average Bonchev–Trinajstić information content (AvgIpc) is 2.73. The van der Waals surface area contributed by atoms with E-state index in [9.17, 15) is 10.1 Å². The minimum Gasteiger partial charge on any atom is -0.358 e. The summed E-state index contributed by atoms with van der Waals surface area (Å²) >= 11 is 0. The fourth-order valence-corrected chi connectivity index (χ4v) is 2.00. The highest BCUT2D eigenvalue weighted by Crippen LogP contribution is 2.16. The Morgan fingerprint density at radius 2 is 2.50 bits per heavy atom. The van der Waals surface area contributed by atoms with Crippen molar-refractivity contribution in [1.82, 2.24) is 9.55 Å². The third-order valence-corrected chi connectivity index (χ3v) is 2.98. The first-order valence-electron chi connectivity index (χ1n) is 6.08. The number of ether oxygens (including phenoxy) is 2. The van der Waals surface area contributed by atoms with Crippen LogP contribution >= 0.6 is 0 Å². The standard InChI is InChI=1S/C11H17N3O4/c1-9-12-8-10(14(15)16)13(9)5-7-18-11-4-2-3-6-17-11/h8,11H,2-7H2,1H3. The zero-order chi connectivity index (χ0) is 13.0. The molecule has 1 aliphatic rings. The second-order valence-electron chi connectivity index (χ2n) is 4.24. The van der Waals surface area contributed by atoms with Crippen molar-refractivity contribution in [3.8, 4) is 0 Å². The van der Waals surface area contributed by atoms with Gasteiger partial charge < -0.3 is 19.6 Å². The number of hydrogen-bond acceptors (Lipinski definition) is 5. The third-order valence-electron chi connectivity index (χ3n) is 2.98. The molecule has 1 aromatic heterocycles. The van der Waals surface area contributed by atoms with E-state index < -0.39 is 4.92 Å². The Kier molecular flexibility index (Phi) is 4.27. The Labute approximate surface area is 105 Å². The fraction of sp³-hybridized carbons (Fsp3) is 0.727. The molecule has 18 heavy (non-hydrogen) atoms. The molecule has 1 unspecified atom stereocenters. The van der Waals surface area contributed by atoms with Crippen LogP contribution in [0.15, 0.2) is 6.20 Å². The molecule has 0 spiro atoms. The van der Waals surface area contributed by atoms with Gasteiger partial charge >= 0.3 is 5.82 Å². The van der Waals surface area contributed by atoms with Crippen LogP contribution < -0.4 is 0 Å². The Balaban J connectivity index is 1.85. The van der Waals surface area contributed by atoms with Crippen LogP contribution in [0.3, 0.4) is 0 Å². The maximum Gasteiger partial charge on any atom is 0.342 e. The van der Waals surface area contributed by atoms with E-state index >= 15 is 0 Å². The summed E-state index contributed by atoms with van der Waals surface area (Å²) in [4.78, 5) is 14.3. The first kappa shape index (κ1) is 13.0. The highest BCUT2D eigenvalue weighted by Gasteiger charge is 2.18. The minimum atomic E-state index is -0.433. The third kappa shape index (κ3) is 3.05. The van der Waals surface area contributed by atoms with Crippen LogP contribution in [-0.4, -0.2) is 34.0 Å². The van der Waals surface area contributed by atoms with Gasteiger partial charge in [-0.05, 0) is 24.2 Å². The van der Waals surface area contributed by atoms with E-state index in [2.05, 4.69) is 4.98 Å². The molecule has 0 aromatic carbocycles. The van der Waals surface area contributed by atoms with E-state index in [-0.39, 0.29) is 12.1 Å². The van der Waals surface area contributed by atoms with Crippen molar-refractivity contribution >= 4 is 5.82 Å². The molecular formula is C11H17N3O4. The molecule has 0 saturated carbocycles. The number of aryl methyl sites for hydroxylation is 1. The molecule has 0 amide bonds. The molecule has 0 bridgehead atoms. The van der Waals surface area contributed by atoms with Crippen LogP contribution in [0.4, 0.5) is 5.82 Å². The molecule has 2 heterocycles. The first-order valence-corrected chi connectivity index (χ1v) is 6.08. The second-order valence-corrected chi connectivity index (χ2v) is 4.24. The van der Waals surface area contributed by atoms with Crippen LogP contribution in [0.25, 0.3) is 0 Å². The molecule has 1 fully saturated rings. The van der Waals surface area contributed by atoms with Gasteiger partial charge in [-0.25, -0.2) is 9.55 Å². The summed E-state index contributed by atoms with van der Waals surface area (Å²) in [7, 11) is 0. The van der Waals surface area contributed by atoms with Gasteiger partial charge in [0.05, 0.1) is 6.61 Å². The number of hydrogen-bond donors (Lipinski definition) is 0. The summed E-state index contributed by atoms with van der Waals surface area (Å²) in [6.07, 6.45) is 4.18. The molecule has 7 nitrogen and oxygen atoms in total. The Morgan fingerprint density at radius 1 is 1.67 bits per heavy atom. The number of nitro groups is 1. The fourth-order valence-electron chi connectivity index (χ4n) is 2.00. The van der Waals surface area contributed by atoms with Crippen LogP contribution in [0.2, 0.25) is 0 Å². The molecule has 1 atom stereocenters. The van der Waals surface area contributed by atoms with Crippen molar-refractivity contribution in [1.29, 1.82) is 0 Å². The summed E-state index contributed by atoms with van der Waals surface area (Å²) in [6, 6.07) is 0. The molecule has 1 aliphatic heterocycles. The maximum absolute atomic E-state index is 10.8. The molecule has 2 rings (SSSR count). The van der Waals surface area contributed by atoms with E-state index in [1.165, 1.54) is 6.20 Å². The van der Waals surface area contributed by atoms with E-state index in [0.717, 1.165) is 25.9 Å². The molecule has 1 aromatic rings. The molecule has 0 N–H and O–H groups in total. The van der Waals surface area contributed by atoms with Crippen molar-refractivity contribution in [3.05, 3.63) is 22.1 Å². The zero-order valence-electron chi connectivity index (χ0n) is 10.4. The smallest absolute Gasteiger partial charge is 0.342 e. The van der Waals surface area contributed by atoms with Gasteiger partial charge in [0.1, 0.15) is 12.7 Å². The van der Waals surface area contributed by atoms with Gasteiger partial charge in [0.25, 0.3) is 0 Å². The summed E-state index contributed by atoms with van der Waals surface area (Å²) in [5.41, 5.74) is 0. The topological polar surface area (TPSA) is 79.4 Å². The summed E-state index contributed by atoms with van der Waals surface area (Å²) < 4.78 is 12.5. The van der Waals surface area contributed by atoms with Crippen molar-refractivity contribution in [2.45, 2.75) is 39.0 Å². The molecule has 7 heteroatoms. The maximum atomic E-state index is 10.8. The lowest BCUT2D eigenvalue weighted by molar-refractivity contribution is -0.392. The van der Waals surface area contributed by atoms with Gasteiger partial charge in [-0.3, -0.25) is 0 Å². The van der Waals surface area contributed by atoms with E-state index in [1.54, 1.807) is 11.5 Å². The molecule has 0 radical (unpaired) electrons. The predicted molar refractivity (Wildman–Crippen MR) is 63.2 cm³/mol. The predicted octanol–water partition coefficient (Wildman–Crippen LogP) is 1.64. The summed E-state index contributed by atoms with van der Waals surface area (Å²) in [5, 5.41) is 10.8. The van der Waals surface area contributed by atoms with Gasteiger partial charge in [-0.2, -0.15) is 0 Å². The van der Waals surface area contributed by atoms with Crippen molar-refractivity contribution in [2.75, 3.05) is 13.2 Å². The van der Waals surface area contributed by atoms with E-state index in [0.29, 0.717) is 19.0 Å². The first-order chi connectivity index (χ1) is 8.68. The van der Waals surface area contributed by atoms with Gasteiger partial charge in [0.15, 0.2) is 12.1 Å². The Hall–Kier alpha value is -1.47. The Morgan fingerprint density at radius 3 is 3.17 bits per heavy atom. The number of nitrogens with zero attached hydrogens (tertiary/aromatic N) is 3. The van der Waals surface area contributed by atoms with Gasteiger partial charge in [0.2, 0.25) is 0 Å². The average molecular weight is 255 g/mol. The van der Waals surface area contributed by atoms with Crippen LogP contribution in [0.1, 0.15) is 25.1 Å². The molecule has 0 aliphatic carbocycles. The molecule has 100 valence electrons. The second kappa shape index (κ2) is 5.92. The number of imidazole rings is 1. The van der Waals surface area contributed by atoms with Crippen LogP contribution in [0.5, 0.6) is 0 Å². The molecule has 1 saturated heterocycles. The number of aromatic nitrogens is 2. The highest BCUT2D eigenvalue weighted by atomic mass is 16.7. The minimum absolute atomic E-state index is 0.000613. The van der Waals surface area contributed by atoms with Gasteiger partial charge in [-0.1, -0.05) is 0 Å². The van der Waals surface area contributed by atoms with E-state index in [4.69, 9.17) is 9.47 Å². The quantitative estimate of drug-likeness (QED) is 0.590. The largest absolute Gasteiger partial charge is 0.358 e. The monoisotopic (exact) mass is 255 g/mol. The Bertz CT molecular complexity index is 412. The van der Waals surface area contributed by atoms with Crippen LogP contribution in [-0.2, 0) is 16.0 Å². The van der Waals surface area contributed by atoms with Crippen molar-refractivity contribution in [3.63, 3.8) is 0 Å². The normalized spacial score (nSPS) is 19.9. The van der Waals surface area contributed by atoms with Gasteiger partial charge in [0, 0.05) is 13.5 Å². The highest BCUT2D eigenvalue weighted by molar-refractivity contribution is 5.18. The van der Waals surface area contributed by atoms with E-state index in [1.807, 2.05) is 0 Å². The lowest BCUT2D eigenvalue weighted by Gasteiger charge is -2.22. The zero-order valence-corrected chi connectivity index (χ0v) is 10.4. The van der Waals surface area contributed by atoms with Crippen molar-refractivity contribution < 1.29 is 14.4 Å². The summed E-state index contributed by atoms with van der Waals surface area (Å²) in [5.74, 6) is 0.621.